The van der Waals surface area contributed by atoms with Gasteiger partial charge >= 0.3 is 6.03 Å². The first kappa shape index (κ1) is 20.1. The van der Waals surface area contributed by atoms with Crippen molar-refractivity contribution in [2.24, 2.45) is 0 Å². The topological polar surface area (TPSA) is 66.5 Å². The number of carbonyl (C=O) groups is 1. The van der Waals surface area contributed by atoms with E-state index < -0.39 is 0 Å². The highest BCUT2D eigenvalue weighted by molar-refractivity contribution is 5.89. The highest BCUT2D eigenvalue weighted by Gasteiger charge is 2.09. The first-order valence-corrected chi connectivity index (χ1v) is 10.1. The van der Waals surface area contributed by atoms with Crippen LogP contribution >= 0.6 is 0 Å². The van der Waals surface area contributed by atoms with Crippen LogP contribution in [0.5, 0.6) is 5.75 Å². The zero-order valence-corrected chi connectivity index (χ0v) is 16.6. The number of hydrogen-bond acceptors (Lipinski definition) is 4. The van der Waals surface area contributed by atoms with Crippen LogP contribution in [0.15, 0.2) is 42.6 Å². The van der Waals surface area contributed by atoms with Gasteiger partial charge in [0.05, 0.1) is 24.7 Å². The minimum absolute atomic E-state index is 0.183. The predicted octanol–water partition coefficient (Wildman–Crippen LogP) is 4.14. The summed E-state index contributed by atoms with van der Waals surface area (Å²) in [6.45, 7) is 4.29. The van der Waals surface area contributed by atoms with Crippen LogP contribution in [0.1, 0.15) is 32.1 Å². The molecule has 0 saturated carbocycles. The Morgan fingerprint density at radius 2 is 1.86 bits per heavy atom. The number of hydrogen-bond donors (Lipinski definition) is 2. The van der Waals surface area contributed by atoms with Crippen LogP contribution in [0.4, 0.5) is 10.5 Å². The Morgan fingerprint density at radius 3 is 2.54 bits per heavy atom. The first-order chi connectivity index (χ1) is 13.7. The van der Waals surface area contributed by atoms with Gasteiger partial charge in [-0.25, -0.2) is 4.79 Å². The average Bonchev–Trinajstić information content (AvgIpc) is 2.75. The number of piperidine rings is 1. The molecule has 6 heteroatoms. The predicted molar refractivity (Wildman–Crippen MR) is 113 cm³/mol. The summed E-state index contributed by atoms with van der Waals surface area (Å²) in [4.78, 5) is 19.0. The second kappa shape index (κ2) is 10.7. The van der Waals surface area contributed by atoms with Crippen LogP contribution in [-0.4, -0.2) is 49.2 Å². The number of unbranched alkanes of at least 4 members (excludes halogenated alkanes) is 1. The lowest BCUT2D eigenvalue weighted by molar-refractivity contribution is 0.224. The molecule has 2 aromatic rings. The SMILES string of the molecule is COc1ccc(-c2ccc(NC(=O)NCCCCN3CCCCC3)cn2)cc1. The highest BCUT2D eigenvalue weighted by Crippen LogP contribution is 2.21. The fourth-order valence-electron chi connectivity index (χ4n) is 3.42. The molecule has 0 atom stereocenters. The quantitative estimate of drug-likeness (QED) is 0.673. The van der Waals surface area contributed by atoms with Crippen LogP contribution in [-0.2, 0) is 0 Å². The van der Waals surface area contributed by atoms with E-state index in [9.17, 15) is 4.79 Å². The number of carbonyl (C=O) groups excluding carboxylic acids is 1. The summed E-state index contributed by atoms with van der Waals surface area (Å²) in [5.41, 5.74) is 2.54. The number of ether oxygens (including phenoxy) is 1. The summed E-state index contributed by atoms with van der Waals surface area (Å²) in [5, 5.41) is 5.75. The Hall–Kier alpha value is -2.60. The van der Waals surface area contributed by atoms with Crippen LogP contribution in [0.2, 0.25) is 0 Å². The second-order valence-corrected chi connectivity index (χ2v) is 7.15. The normalized spacial score (nSPS) is 14.5. The number of anilines is 1. The van der Waals surface area contributed by atoms with Gasteiger partial charge in [-0.05, 0) is 81.7 Å². The summed E-state index contributed by atoms with van der Waals surface area (Å²) in [5.74, 6) is 0.814. The van der Waals surface area contributed by atoms with E-state index in [0.29, 0.717) is 12.2 Å². The minimum atomic E-state index is -0.183. The number of aromatic nitrogens is 1. The van der Waals surface area contributed by atoms with E-state index >= 15 is 0 Å². The molecule has 2 amide bonds. The maximum absolute atomic E-state index is 12.0. The monoisotopic (exact) mass is 382 g/mol. The van der Waals surface area contributed by atoms with Gasteiger partial charge in [0.15, 0.2) is 0 Å². The standard InChI is InChI=1S/C22H30N4O2/c1-28-20-10-7-18(8-11-20)21-12-9-19(17-24-21)25-22(27)23-13-3-6-16-26-14-4-2-5-15-26/h7-12,17H,2-6,13-16H2,1H3,(H2,23,25,27). The van der Waals surface area contributed by atoms with Crippen molar-refractivity contribution < 1.29 is 9.53 Å². The highest BCUT2D eigenvalue weighted by atomic mass is 16.5. The Kier molecular flexibility index (Phi) is 7.67. The van der Waals surface area contributed by atoms with E-state index in [1.807, 2.05) is 36.4 Å². The molecule has 2 N–H and O–H groups in total. The average molecular weight is 383 g/mol. The maximum atomic E-state index is 12.0. The van der Waals surface area contributed by atoms with Gasteiger partial charge < -0.3 is 20.3 Å². The van der Waals surface area contributed by atoms with Crippen LogP contribution in [0.25, 0.3) is 11.3 Å². The number of likely N-dealkylation sites (tertiary alicyclic amines) is 1. The van der Waals surface area contributed by atoms with Crippen LogP contribution in [0, 0.1) is 0 Å². The molecule has 1 saturated heterocycles. The lowest BCUT2D eigenvalue weighted by Gasteiger charge is -2.26. The van der Waals surface area contributed by atoms with Crippen LogP contribution < -0.4 is 15.4 Å². The van der Waals surface area contributed by atoms with Crippen molar-refractivity contribution in [2.45, 2.75) is 32.1 Å². The molecule has 0 aliphatic carbocycles. The number of benzene rings is 1. The fraction of sp³-hybridized carbons (Fsp3) is 0.455. The molecule has 1 aliphatic rings. The van der Waals surface area contributed by atoms with Crippen molar-refractivity contribution in [3.05, 3.63) is 42.6 Å². The number of amides is 2. The van der Waals surface area contributed by atoms with E-state index in [0.717, 1.165) is 36.4 Å². The molecular weight excluding hydrogens is 352 g/mol. The first-order valence-electron chi connectivity index (χ1n) is 10.1. The molecule has 1 aromatic heterocycles. The van der Waals surface area contributed by atoms with Gasteiger partial charge in [0.25, 0.3) is 0 Å². The number of nitrogens with one attached hydrogen (secondary N) is 2. The van der Waals surface area contributed by atoms with E-state index in [4.69, 9.17) is 4.74 Å². The van der Waals surface area contributed by atoms with Crippen molar-refractivity contribution in [3.63, 3.8) is 0 Å². The molecule has 6 nitrogen and oxygen atoms in total. The van der Waals surface area contributed by atoms with E-state index in [-0.39, 0.29) is 6.03 Å². The Labute approximate surface area is 167 Å². The van der Waals surface area contributed by atoms with Gasteiger partial charge in [0, 0.05) is 12.1 Å². The van der Waals surface area contributed by atoms with E-state index in [2.05, 4.69) is 20.5 Å². The van der Waals surface area contributed by atoms with Crippen molar-refractivity contribution in [3.8, 4) is 17.0 Å². The molecule has 1 fully saturated rings. The molecule has 0 spiro atoms. The van der Waals surface area contributed by atoms with Gasteiger partial charge in [0.1, 0.15) is 5.75 Å². The number of methoxy groups -OCH3 is 1. The van der Waals surface area contributed by atoms with Gasteiger partial charge in [-0.15, -0.1) is 0 Å². The molecule has 1 aliphatic heterocycles. The summed E-state index contributed by atoms with van der Waals surface area (Å²) in [7, 11) is 1.65. The lowest BCUT2D eigenvalue weighted by atomic mass is 10.1. The largest absolute Gasteiger partial charge is 0.497 e. The number of nitrogens with zero attached hydrogens (tertiary/aromatic N) is 2. The molecule has 0 radical (unpaired) electrons. The minimum Gasteiger partial charge on any atom is -0.497 e. The fourth-order valence-corrected chi connectivity index (χ4v) is 3.42. The number of rotatable bonds is 8. The van der Waals surface area contributed by atoms with Gasteiger partial charge in [-0.3, -0.25) is 4.98 Å². The van der Waals surface area contributed by atoms with Crippen molar-refractivity contribution in [2.75, 3.05) is 38.6 Å². The molecule has 0 bridgehead atoms. The smallest absolute Gasteiger partial charge is 0.319 e. The molecular formula is C22H30N4O2. The zero-order valence-electron chi connectivity index (χ0n) is 16.6. The van der Waals surface area contributed by atoms with Gasteiger partial charge in [-0.1, -0.05) is 6.42 Å². The lowest BCUT2D eigenvalue weighted by Crippen LogP contribution is -2.32. The second-order valence-electron chi connectivity index (χ2n) is 7.15. The van der Waals surface area contributed by atoms with Gasteiger partial charge in [-0.2, -0.15) is 0 Å². The third-order valence-corrected chi connectivity index (χ3v) is 5.04. The van der Waals surface area contributed by atoms with Crippen molar-refractivity contribution in [1.29, 1.82) is 0 Å². The Morgan fingerprint density at radius 1 is 1.07 bits per heavy atom. The third-order valence-electron chi connectivity index (χ3n) is 5.04. The number of pyridine rings is 1. The molecule has 150 valence electrons. The zero-order chi connectivity index (χ0) is 19.6. The molecule has 28 heavy (non-hydrogen) atoms. The van der Waals surface area contributed by atoms with Crippen molar-refractivity contribution in [1.82, 2.24) is 15.2 Å². The summed E-state index contributed by atoms with van der Waals surface area (Å²) in [6, 6.07) is 11.3. The summed E-state index contributed by atoms with van der Waals surface area (Å²) < 4.78 is 5.17. The van der Waals surface area contributed by atoms with E-state index in [1.54, 1.807) is 13.3 Å². The Bertz CT molecular complexity index is 725. The van der Waals surface area contributed by atoms with E-state index in [1.165, 1.54) is 32.4 Å². The number of urea groups is 1. The molecule has 3 rings (SSSR count). The Balaban J connectivity index is 1.36. The van der Waals surface area contributed by atoms with Crippen molar-refractivity contribution >= 4 is 11.7 Å². The summed E-state index contributed by atoms with van der Waals surface area (Å²) >= 11 is 0. The van der Waals surface area contributed by atoms with Crippen LogP contribution in [0.3, 0.4) is 0 Å². The molecule has 0 unspecified atom stereocenters. The van der Waals surface area contributed by atoms with Gasteiger partial charge in [0.2, 0.25) is 0 Å². The molecule has 2 heterocycles. The maximum Gasteiger partial charge on any atom is 0.319 e. The summed E-state index contributed by atoms with van der Waals surface area (Å²) in [6.07, 6.45) is 7.82. The molecule has 1 aromatic carbocycles. The third kappa shape index (κ3) is 6.23.